The van der Waals surface area contributed by atoms with E-state index in [1.807, 2.05) is 5.38 Å². The first-order valence-electron chi connectivity index (χ1n) is 7.49. The topological polar surface area (TPSA) is 53.4 Å². The summed E-state index contributed by atoms with van der Waals surface area (Å²) < 4.78 is 0. The maximum absolute atomic E-state index is 10.6. The predicted octanol–water partition coefficient (Wildman–Crippen LogP) is 3.57. The molecule has 1 saturated carbocycles. The Bertz CT molecular complexity index is 439. The van der Waals surface area contributed by atoms with Crippen molar-refractivity contribution in [2.45, 2.75) is 57.9 Å². The fourth-order valence-corrected chi connectivity index (χ4v) is 3.80. The smallest absolute Gasteiger partial charge is 0.303 e. The molecule has 0 spiro atoms. The summed E-state index contributed by atoms with van der Waals surface area (Å²) in [7, 11) is 2.12. The Kier molecular flexibility index (Phi) is 5.40. The number of aromatic nitrogens is 1. The van der Waals surface area contributed by atoms with E-state index >= 15 is 0 Å². The van der Waals surface area contributed by atoms with Gasteiger partial charge in [-0.2, -0.15) is 0 Å². The lowest BCUT2D eigenvalue weighted by Crippen LogP contribution is -2.35. The van der Waals surface area contributed by atoms with Crippen molar-refractivity contribution in [3.63, 3.8) is 0 Å². The van der Waals surface area contributed by atoms with Gasteiger partial charge in [-0.15, -0.1) is 11.3 Å². The molecule has 112 valence electrons. The molecule has 0 radical (unpaired) electrons. The summed E-state index contributed by atoms with van der Waals surface area (Å²) in [5, 5.41) is 11.7. The largest absolute Gasteiger partial charge is 0.481 e. The number of hydrogen-bond acceptors (Lipinski definition) is 4. The van der Waals surface area contributed by atoms with E-state index in [9.17, 15) is 4.79 Å². The molecule has 1 N–H and O–H groups in total. The Morgan fingerprint density at radius 2 is 2.15 bits per heavy atom. The zero-order chi connectivity index (χ0) is 14.5. The Hall–Kier alpha value is -1.10. The van der Waals surface area contributed by atoms with Gasteiger partial charge in [0.05, 0.1) is 12.1 Å². The van der Waals surface area contributed by atoms with Gasteiger partial charge < -0.3 is 10.0 Å². The maximum atomic E-state index is 10.6. The van der Waals surface area contributed by atoms with Crippen LogP contribution in [0.15, 0.2) is 5.38 Å². The molecule has 1 fully saturated rings. The number of carboxylic acid groups (broad SMARTS) is 1. The normalized spacial score (nSPS) is 22.7. The number of rotatable bonds is 6. The summed E-state index contributed by atoms with van der Waals surface area (Å²) in [6.45, 7) is 2.28. The molecule has 1 aliphatic rings. The third-order valence-electron chi connectivity index (χ3n) is 4.38. The summed E-state index contributed by atoms with van der Waals surface area (Å²) in [4.78, 5) is 17.5. The molecule has 1 heterocycles. The van der Waals surface area contributed by atoms with E-state index in [0.29, 0.717) is 12.5 Å². The number of carbonyl (C=O) groups is 1. The van der Waals surface area contributed by atoms with Gasteiger partial charge in [-0.05, 0) is 31.6 Å². The molecule has 4 nitrogen and oxygen atoms in total. The molecule has 1 aromatic rings. The van der Waals surface area contributed by atoms with Gasteiger partial charge in [0, 0.05) is 24.9 Å². The Morgan fingerprint density at radius 3 is 2.75 bits per heavy atom. The molecule has 1 aromatic heterocycles. The van der Waals surface area contributed by atoms with E-state index in [1.54, 1.807) is 11.3 Å². The Balaban J connectivity index is 1.89. The summed E-state index contributed by atoms with van der Waals surface area (Å²) in [5.74, 6) is 0.146. The number of hydrogen-bond donors (Lipinski definition) is 1. The molecule has 0 bridgehead atoms. The van der Waals surface area contributed by atoms with Gasteiger partial charge in [-0.25, -0.2) is 4.98 Å². The second kappa shape index (κ2) is 7.07. The van der Waals surface area contributed by atoms with Gasteiger partial charge in [-0.3, -0.25) is 4.79 Å². The van der Waals surface area contributed by atoms with Crippen LogP contribution in [0.3, 0.4) is 0 Å². The highest BCUT2D eigenvalue weighted by molar-refractivity contribution is 7.13. The monoisotopic (exact) mass is 296 g/mol. The van der Waals surface area contributed by atoms with Gasteiger partial charge in [0.1, 0.15) is 0 Å². The maximum Gasteiger partial charge on any atom is 0.303 e. The predicted molar refractivity (Wildman–Crippen MR) is 82.5 cm³/mol. The van der Waals surface area contributed by atoms with E-state index in [4.69, 9.17) is 5.11 Å². The molecule has 0 unspecified atom stereocenters. The van der Waals surface area contributed by atoms with Crippen LogP contribution in [0.5, 0.6) is 0 Å². The Morgan fingerprint density at radius 1 is 1.45 bits per heavy atom. The first kappa shape index (κ1) is 15.3. The minimum absolute atomic E-state index is 0.161. The molecular formula is C15H24N2O2S. The summed E-state index contributed by atoms with van der Waals surface area (Å²) in [6.07, 6.45) is 7.13. The van der Waals surface area contributed by atoms with Crippen LogP contribution in [-0.2, 0) is 11.2 Å². The van der Waals surface area contributed by atoms with Crippen molar-refractivity contribution < 1.29 is 9.90 Å². The van der Waals surface area contributed by atoms with Gasteiger partial charge >= 0.3 is 5.97 Å². The van der Waals surface area contributed by atoms with Crippen molar-refractivity contribution in [1.82, 2.24) is 4.98 Å². The molecule has 1 aliphatic carbocycles. The summed E-state index contributed by atoms with van der Waals surface area (Å²) >= 11 is 1.63. The first-order valence-corrected chi connectivity index (χ1v) is 8.37. The number of carboxylic acids is 1. The van der Waals surface area contributed by atoms with E-state index in [1.165, 1.54) is 32.1 Å². The van der Waals surface area contributed by atoms with Crippen molar-refractivity contribution in [1.29, 1.82) is 0 Å². The molecule has 0 amide bonds. The number of nitrogens with zero attached hydrogens (tertiary/aromatic N) is 2. The second-order valence-electron chi connectivity index (χ2n) is 5.71. The number of anilines is 1. The van der Waals surface area contributed by atoms with Gasteiger partial charge in [0.15, 0.2) is 5.13 Å². The molecule has 0 aliphatic heterocycles. The lowest BCUT2D eigenvalue weighted by Gasteiger charge is -2.34. The lowest BCUT2D eigenvalue weighted by atomic mass is 9.84. The standard InChI is InChI=1S/C15H24N2O2S/c1-3-11-4-7-13(8-5-11)17(2)15-16-12(10-20-15)6-9-14(18)19/h10-11,13H,3-9H2,1-2H3,(H,18,19). The van der Waals surface area contributed by atoms with Gasteiger partial charge in [0.25, 0.3) is 0 Å². The number of aliphatic carboxylic acids is 1. The average molecular weight is 296 g/mol. The van der Waals surface area contributed by atoms with Crippen LogP contribution in [0.4, 0.5) is 5.13 Å². The second-order valence-corrected chi connectivity index (χ2v) is 6.55. The molecular weight excluding hydrogens is 272 g/mol. The third-order valence-corrected chi connectivity index (χ3v) is 5.36. The highest BCUT2D eigenvalue weighted by Gasteiger charge is 2.24. The molecule has 0 saturated heterocycles. The number of aryl methyl sites for hydroxylation is 1. The van der Waals surface area contributed by atoms with Crippen LogP contribution in [0.2, 0.25) is 0 Å². The number of thiazole rings is 1. The van der Waals surface area contributed by atoms with Crippen molar-refractivity contribution in [3.8, 4) is 0 Å². The van der Waals surface area contributed by atoms with Gasteiger partial charge in [-0.1, -0.05) is 13.3 Å². The van der Waals surface area contributed by atoms with Gasteiger partial charge in [0.2, 0.25) is 0 Å². The molecule has 0 aromatic carbocycles. The quantitative estimate of drug-likeness (QED) is 0.872. The van der Waals surface area contributed by atoms with Crippen LogP contribution >= 0.6 is 11.3 Å². The van der Waals surface area contributed by atoms with E-state index in [2.05, 4.69) is 23.9 Å². The zero-order valence-electron chi connectivity index (χ0n) is 12.3. The van der Waals surface area contributed by atoms with E-state index in [0.717, 1.165) is 16.7 Å². The highest BCUT2D eigenvalue weighted by atomic mass is 32.1. The van der Waals surface area contributed by atoms with Crippen LogP contribution in [0.1, 0.15) is 51.1 Å². The Labute approximate surface area is 124 Å². The summed E-state index contributed by atoms with van der Waals surface area (Å²) in [6, 6.07) is 0.594. The zero-order valence-corrected chi connectivity index (χ0v) is 13.2. The minimum Gasteiger partial charge on any atom is -0.481 e. The first-order chi connectivity index (χ1) is 9.60. The lowest BCUT2D eigenvalue weighted by molar-refractivity contribution is -0.136. The van der Waals surface area contributed by atoms with Crippen LogP contribution in [0.25, 0.3) is 0 Å². The van der Waals surface area contributed by atoms with E-state index in [-0.39, 0.29) is 6.42 Å². The van der Waals surface area contributed by atoms with Crippen molar-refractivity contribution in [3.05, 3.63) is 11.1 Å². The summed E-state index contributed by atoms with van der Waals surface area (Å²) in [5.41, 5.74) is 0.904. The van der Waals surface area contributed by atoms with E-state index < -0.39 is 5.97 Å². The molecule has 2 rings (SSSR count). The fraction of sp³-hybridized carbons (Fsp3) is 0.733. The van der Waals surface area contributed by atoms with Crippen molar-refractivity contribution >= 4 is 22.4 Å². The average Bonchev–Trinajstić information content (AvgIpc) is 2.93. The molecule has 0 atom stereocenters. The van der Waals surface area contributed by atoms with Crippen LogP contribution in [-0.4, -0.2) is 29.1 Å². The van der Waals surface area contributed by atoms with Crippen LogP contribution in [0, 0.1) is 5.92 Å². The highest BCUT2D eigenvalue weighted by Crippen LogP contribution is 2.32. The minimum atomic E-state index is -0.759. The van der Waals surface area contributed by atoms with Crippen molar-refractivity contribution in [2.24, 2.45) is 5.92 Å². The van der Waals surface area contributed by atoms with Crippen LogP contribution < -0.4 is 4.90 Å². The SMILES string of the molecule is CCC1CCC(N(C)c2nc(CCC(=O)O)cs2)CC1. The third kappa shape index (κ3) is 3.95. The molecule has 5 heteroatoms. The fourth-order valence-electron chi connectivity index (χ4n) is 2.90. The molecule has 20 heavy (non-hydrogen) atoms. The van der Waals surface area contributed by atoms with Crippen molar-refractivity contribution in [2.75, 3.05) is 11.9 Å².